The van der Waals surface area contributed by atoms with Crippen molar-refractivity contribution < 1.29 is 4.74 Å². The van der Waals surface area contributed by atoms with E-state index in [1.807, 2.05) is 24.3 Å². The summed E-state index contributed by atoms with van der Waals surface area (Å²) in [6.07, 6.45) is 3.56. The Morgan fingerprint density at radius 2 is 2.00 bits per heavy atom. The molecule has 1 aliphatic rings. The Kier molecular flexibility index (Phi) is 4.03. The maximum absolute atomic E-state index is 5.34. The number of morpholine rings is 1. The molecule has 1 aliphatic heterocycles. The number of aromatic nitrogens is 3. The third kappa shape index (κ3) is 3.21. The molecular formula is C14H17N5O. The van der Waals surface area contributed by atoms with E-state index >= 15 is 0 Å². The SMILES string of the molecule is c1ccc(CNc2ccnc(N3CCOCC3)n2)nc1. The Morgan fingerprint density at radius 1 is 1.10 bits per heavy atom. The zero-order valence-corrected chi connectivity index (χ0v) is 11.2. The van der Waals surface area contributed by atoms with Crippen molar-refractivity contribution in [3.05, 3.63) is 42.4 Å². The van der Waals surface area contributed by atoms with Crippen LogP contribution in [0.2, 0.25) is 0 Å². The summed E-state index contributed by atoms with van der Waals surface area (Å²) >= 11 is 0. The van der Waals surface area contributed by atoms with Crippen LogP contribution < -0.4 is 10.2 Å². The van der Waals surface area contributed by atoms with Crippen LogP contribution in [0.4, 0.5) is 11.8 Å². The topological polar surface area (TPSA) is 63.2 Å². The number of ether oxygens (including phenoxy) is 1. The van der Waals surface area contributed by atoms with Gasteiger partial charge in [-0.2, -0.15) is 4.98 Å². The summed E-state index contributed by atoms with van der Waals surface area (Å²) in [5.41, 5.74) is 0.985. The first kappa shape index (κ1) is 12.8. The van der Waals surface area contributed by atoms with E-state index < -0.39 is 0 Å². The summed E-state index contributed by atoms with van der Waals surface area (Å²) < 4.78 is 5.34. The molecule has 1 fully saturated rings. The van der Waals surface area contributed by atoms with E-state index in [2.05, 4.69) is 25.2 Å². The van der Waals surface area contributed by atoms with Crippen molar-refractivity contribution in [1.82, 2.24) is 15.0 Å². The van der Waals surface area contributed by atoms with Gasteiger partial charge < -0.3 is 15.0 Å². The van der Waals surface area contributed by atoms with Gasteiger partial charge in [0.05, 0.1) is 25.5 Å². The van der Waals surface area contributed by atoms with Crippen LogP contribution in [0, 0.1) is 0 Å². The second-order valence-electron chi connectivity index (χ2n) is 4.52. The molecule has 0 aromatic carbocycles. The summed E-state index contributed by atoms with van der Waals surface area (Å²) in [4.78, 5) is 15.3. The molecule has 6 nitrogen and oxygen atoms in total. The highest BCUT2D eigenvalue weighted by molar-refractivity contribution is 5.41. The number of hydrogen-bond acceptors (Lipinski definition) is 6. The summed E-state index contributed by atoms with van der Waals surface area (Å²) in [6.45, 7) is 3.79. The average Bonchev–Trinajstić information content (AvgIpc) is 2.55. The highest BCUT2D eigenvalue weighted by Crippen LogP contribution is 2.12. The van der Waals surface area contributed by atoms with E-state index in [0.717, 1.165) is 43.8 Å². The Labute approximate surface area is 117 Å². The molecule has 2 aromatic rings. The maximum Gasteiger partial charge on any atom is 0.227 e. The summed E-state index contributed by atoms with van der Waals surface area (Å²) in [5.74, 6) is 1.56. The molecule has 0 aliphatic carbocycles. The molecule has 0 atom stereocenters. The predicted molar refractivity (Wildman–Crippen MR) is 76.6 cm³/mol. The smallest absolute Gasteiger partial charge is 0.227 e. The molecule has 20 heavy (non-hydrogen) atoms. The van der Waals surface area contributed by atoms with E-state index in [1.165, 1.54) is 0 Å². The quantitative estimate of drug-likeness (QED) is 0.905. The van der Waals surface area contributed by atoms with Crippen LogP contribution in [0.1, 0.15) is 5.69 Å². The molecule has 0 radical (unpaired) electrons. The van der Waals surface area contributed by atoms with Gasteiger partial charge in [-0.25, -0.2) is 4.98 Å². The standard InChI is InChI=1S/C14H17N5O/c1-2-5-15-12(3-1)11-17-13-4-6-16-14(18-13)19-7-9-20-10-8-19/h1-6H,7-11H2,(H,16,17,18). The van der Waals surface area contributed by atoms with E-state index in [1.54, 1.807) is 12.4 Å². The van der Waals surface area contributed by atoms with Crippen molar-refractivity contribution in [1.29, 1.82) is 0 Å². The zero-order chi connectivity index (χ0) is 13.6. The molecule has 3 rings (SSSR count). The molecule has 0 saturated carbocycles. The van der Waals surface area contributed by atoms with Crippen LogP contribution in [-0.4, -0.2) is 41.3 Å². The van der Waals surface area contributed by atoms with E-state index in [4.69, 9.17) is 4.74 Å². The molecule has 0 unspecified atom stereocenters. The molecule has 1 N–H and O–H groups in total. The minimum absolute atomic E-state index is 0.653. The Bertz CT molecular complexity index is 542. The number of rotatable bonds is 4. The fraction of sp³-hybridized carbons (Fsp3) is 0.357. The largest absolute Gasteiger partial charge is 0.378 e. The lowest BCUT2D eigenvalue weighted by Gasteiger charge is -2.26. The fourth-order valence-electron chi connectivity index (χ4n) is 2.05. The fourth-order valence-corrected chi connectivity index (χ4v) is 2.05. The Morgan fingerprint density at radius 3 is 2.80 bits per heavy atom. The van der Waals surface area contributed by atoms with Gasteiger partial charge in [0.1, 0.15) is 5.82 Å². The second-order valence-corrected chi connectivity index (χ2v) is 4.52. The number of hydrogen-bond donors (Lipinski definition) is 1. The maximum atomic E-state index is 5.34. The zero-order valence-electron chi connectivity index (χ0n) is 11.2. The van der Waals surface area contributed by atoms with Crippen LogP contribution in [-0.2, 0) is 11.3 Å². The lowest BCUT2D eigenvalue weighted by molar-refractivity contribution is 0.122. The van der Waals surface area contributed by atoms with E-state index in [0.29, 0.717) is 6.54 Å². The summed E-state index contributed by atoms with van der Waals surface area (Å²) in [5, 5.41) is 3.27. The number of nitrogens with one attached hydrogen (secondary N) is 1. The Balaban J connectivity index is 1.65. The van der Waals surface area contributed by atoms with Crippen molar-refractivity contribution >= 4 is 11.8 Å². The van der Waals surface area contributed by atoms with Crippen LogP contribution in [0.25, 0.3) is 0 Å². The minimum Gasteiger partial charge on any atom is -0.378 e. The van der Waals surface area contributed by atoms with Crippen molar-refractivity contribution in [2.75, 3.05) is 36.5 Å². The Hall–Kier alpha value is -2.21. The van der Waals surface area contributed by atoms with Crippen LogP contribution in [0.5, 0.6) is 0 Å². The number of anilines is 2. The average molecular weight is 271 g/mol. The van der Waals surface area contributed by atoms with Gasteiger partial charge in [-0.05, 0) is 18.2 Å². The van der Waals surface area contributed by atoms with Gasteiger partial charge in [-0.3, -0.25) is 4.98 Å². The van der Waals surface area contributed by atoms with Gasteiger partial charge in [0.25, 0.3) is 0 Å². The molecule has 6 heteroatoms. The molecule has 0 spiro atoms. The van der Waals surface area contributed by atoms with Crippen LogP contribution in [0.3, 0.4) is 0 Å². The number of nitrogens with zero attached hydrogens (tertiary/aromatic N) is 4. The molecule has 0 bridgehead atoms. The van der Waals surface area contributed by atoms with Crippen LogP contribution >= 0.6 is 0 Å². The third-order valence-electron chi connectivity index (χ3n) is 3.11. The van der Waals surface area contributed by atoms with Crippen molar-refractivity contribution in [2.45, 2.75) is 6.54 Å². The van der Waals surface area contributed by atoms with Crippen LogP contribution in [0.15, 0.2) is 36.7 Å². The highest BCUT2D eigenvalue weighted by atomic mass is 16.5. The first-order valence-corrected chi connectivity index (χ1v) is 6.71. The van der Waals surface area contributed by atoms with E-state index in [-0.39, 0.29) is 0 Å². The molecule has 104 valence electrons. The summed E-state index contributed by atoms with van der Waals surface area (Å²) in [7, 11) is 0. The van der Waals surface area contributed by atoms with Crippen molar-refractivity contribution in [3.8, 4) is 0 Å². The van der Waals surface area contributed by atoms with Crippen molar-refractivity contribution in [2.24, 2.45) is 0 Å². The monoisotopic (exact) mass is 271 g/mol. The van der Waals surface area contributed by atoms with Gasteiger partial charge in [0.2, 0.25) is 5.95 Å². The lowest BCUT2D eigenvalue weighted by Crippen LogP contribution is -2.37. The molecular weight excluding hydrogens is 254 g/mol. The van der Waals surface area contributed by atoms with E-state index in [9.17, 15) is 0 Å². The molecule has 3 heterocycles. The minimum atomic E-state index is 0.653. The van der Waals surface area contributed by atoms with Gasteiger partial charge >= 0.3 is 0 Å². The molecule has 0 amide bonds. The molecule has 1 saturated heterocycles. The van der Waals surface area contributed by atoms with Gasteiger partial charge in [0, 0.05) is 25.5 Å². The normalized spacial score (nSPS) is 15.1. The van der Waals surface area contributed by atoms with Gasteiger partial charge in [-0.15, -0.1) is 0 Å². The molecule has 2 aromatic heterocycles. The second kappa shape index (κ2) is 6.29. The predicted octanol–water partition coefficient (Wildman–Crippen LogP) is 1.32. The van der Waals surface area contributed by atoms with Crippen molar-refractivity contribution in [3.63, 3.8) is 0 Å². The first-order valence-electron chi connectivity index (χ1n) is 6.71. The van der Waals surface area contributed by atoms with Gasteiger partial charge in [0.15, 0.2) is 0 Å². The lowest BCUT2D eigenvalue weighted by atomic mass is 10.3. The first-order chi connectivity index (χ1) is 9.92. The number of pyridine rings is 1. The summed E-state index contributed by atoms with van der Waals surface area (Å²) in [6, 6.07) is 7.73. The third-order valence-corrected chi connectivity index (χ3v) is 3.11. The van der Waals surface area contributed by atoms with Gasteiger partial charge in [-0.1, -0.05) is 6.07 Å². The highest BCUT2D eigenvalue weighted by Gasteiger charge is 2.13.